The lowest BCUT2D eigenvalue weighted by molar-refractivity contribution is -0.127. The van der Waals surface area contributed by atoms with Crippen LogP contribution in [0.5, 0.6) is 5.75 Å². The van der Waals surface area contributed by atoms with Crippen LogP contribution in [0, 0.1) is 0 Å². The predicted octanol–water partition coefficient (Wildman–Crippen LogP) is 3.16. The normalized spacial score (nSPS) is 17.7. The molecule has 1 aromatic carbocycles. The van der Waals surface area contributed by atoms with E-state index in [0.29, 0.717) is 18.0 Å². The molecule has 1 amide bonds. The van der Waals surface area contributed by atoms with Gasteiger partial charge in [0.1, 0.15) is 5.75 Å². The van der Waals surface area contributed by atoms with Crippen molar-refractivity contribution in [1.29, 1.82) is 0 Å². The fourth-order valence-corrected chi connectivity index (χ4v) is 4.54. The summed E-state index contributed by atoms with van der Waals surface area (Å²) >= 11 is 1.76. The molecular weight excluding hydrogens is 396 g/mol. The van der Waals surface area contributed by atoms with Crippen molar-refractivity contribution in [1.82, 2.24) is 5.32 Å². The molecule has 1 atom stereocenters. The number of rotatable bonds is 5. The standard InChI is InChI=1S/C20H32N2O4S2/c1-19(2,3)14-8-9-16-15(12-14)22(28(7,24)25)13-17(26-16)18(23)21-10-11-27-20(4,5)6/h8-9,12,17H,10-11,13H2,1-7H3,(H,21,23)/t17-/m1/s1. The first-order valence-corrected chi connectivity index (χ1v) is 12.2. The molecule has 0 radical (unpaired) electrons. The summed E-state index contributed by atoms with van der Waals surface area (Å²) in [4.78, 5) is 12.6. The van der Waals surface area contributed by atoms with Crippen LogP contribution >= 0.6 is 11.8 Å². The van der Waals surface area contributed by atoms with E-state index in [0.717, 1.165) is 17.6 Å². The zero-order chi connectivity index (χ0) is 21.3. The molecule has 0 bridgehead atoms. The van der Waals surface area contributed by atoms with Crippen LogP contribution in [0.25, 0.3) is 0 Å². The summed E-state index contributed by atoms with van der Waals surface area (Å²) < 4.78 is 32.0. The van der Waals surface area contributed by atoms with Gasteiger partial charge in [-0.2, -0.15) is 11.8 Å². The van der Waals surface area contributed by atoms with Gasteiger partial charge in [0.25, 0.3) is 5.91 Å². The topological polar surface area (TPSA) is 75.7 Å². The van der Waals surface area contributed by atoms with E-state index in [1.165, 1.54) is 4.31 Å². The van der Waals surface area contributed by atoms with Crippen molar-refractivity contribution >= 4 is 33.4 Å². The molecule has 0 unspecified atom stereocenters. The van der Waals surface area contributed by atoms with Gasteiger partial charge in [-0.1, -0.05) is 47.6 Å². The number of carbonyl (C=O) groups is 1. The summed E-state index contributed by atoms with van der Waals surface area (Å²) in [6.45, 7) is 13.0. The van der Waals surface area contributed by atoms with Crippen molar-refractivity contribution in [2.45, 2.75) is 57.8 Å². The Morgan fingerprint density at radius 3 is 2.43 bits per heavy atom. The second-order valence-corrected chi connectivity index (χ2v) is 12.9. The van der Waals surface area contributed by atoms with Crippen LogP contribution < -0.4 is 14.4 Å². The molecule has 0 saturated heterocycles. The number of hydrogen-bond acceptors (Lipinski definition) is 5. The molecule has 8 heteroatoms. The molecule has 6 nitrogen and oxygen atoms in total. The molecular formula is C20H32N2O4S2. The van der Waals surface area contributed by atoms with Crippen molar-refractivity contribution in [2.75, 3.05) is 29.4 Å². The number of ether oxygens (including phenoxy) is 1. The maximum atomic E-state index is 12.6. The first-order chi connectivity index (χ1) is 12.7. The molecule has 2 rings (SSSR count). The Labute approximate surface area is 173 Å². The van der Waals surface area contributed by atoms with Crippen LogP contribution in [0.2, 0.25) is 0 Å². The van der Waals surface area contributed by atoms with Crippen molar-refractivity contribution in [3.05, 3.63) is 23.8 Å². The number of fused-ring (bicyclic) bond motifs is 1. The summed E-state index contributed by atoms with van der Waals surface area (Å²) in [5.74, 6) is 0.895. The van der Waals surface area contributed by atoms with Gasteiger partial charge in [0.2, 0.25) is 10.0 Å². The highest BCUT2D eigenvalue weighted by Crippen LogP contribution is 2.38. The molecule has 0 fully saturated rings. The number of nitrogens with zero attached hydrogens (tertiary/aromatic N) is 1. The molecule has 158 valence electrons. The van der Waals surface area contributed by atoms with E-state index in [4.69, 9.17) is 4.74 Å². The zero-order valence-corrected chi connectivity index (χ0v) is 19.5. The van der Waals surface area contributed by atoms with Gasteiger partial charge < -0.3 is 10.1 Å². The number of carbonyl (C=O) groups excluding carboxylic acids is 1. The minimum Gasteiger partial charge on any atom is -0.476 e. The average molecular weight is 429 g/mol. The maximum Gasteiger partial charge on any atom is 0.263 e. The summed E-state index contributed by atoms with van der Waals surface area (Å²) in [7, 11) is -3.54. The van der Waals surface area contributed by atoms with Crippen molar-refractivity contribution in [3.8, 4) is 5.75 Å². The van der Waals surface area contributed by atoms with Crippen LogP contribution in [0.1, 0.15) is 47.1 Å². The Balaban J connectivity index is 2.19. The van der Waals surface area contributed by atoms with Crippen LogP contribution in [0.15, 0.2) is 18.2 Å². The van der Waals surface area contributed by atoms with Crippen LogP contribution in [-0.4, -0.2) is 50.3 Å². The van der Waals surface area contributed by atoms with Crippen LogP contribution in [0.3, 0.4) is 0 Å². The van der Waals surface area contributed by atoms with E-state index in [1.807, 2.05) is 12.1 Å². The van der Waals surface area contributed by atoms with Gasteiger partial charge >= 0.3 is 0 Å². The number of hydrogen-bond donors (Lipinski definition) is 1. The largest absolute Gasteiger partial charge is 0.476 e. The summed E-state index contributed by atoms with van der Waals surface area (Å²) in [6, 6.07) is 5.51. The van der Waals surface area contributed by atoms with Gasteiger partial charge in [-0.15, -0.1) is 0 Å². The first-order valence-electron chi connectivity index (χ1n) is 9.39. The third-order valence-electron chi connectivity index (χ3n) is 4.32. The molecule has 0 aliphatic carbocycles. The van der Waals surface area contributed by atoms with Gasteiger partial charge in [0, 0.05) is 17.0 Å². The summed E-state index contributed by atoms with van der Waals surface area (Å²) in [5.41, 5.74) is 1.37. The zero-order valence-electron chi connectivity index (χ0n) is 17.8. The molecule has 1 aliphatic rings. The summed E-state index contributed by atoms with van der Waals surface area (Å²) in [6.07, 6.45) is 0.281. The highest BCUT2D eigenvalue weighted by molar-refractivity contribution is 8.00. The predicted molar refractivity (Wildman–Crippen MR) is 117 cm³/mol. The number of thioether (sulfide) groups is 1. The Kier molecular flexibility index (Phi) is 6.65. The van der Waals surface area contributed by atoms with E-state index in [9.17, 15) is 13.2 Å². The molecule has 1 heterocycles. The number of amides is 1. The van der Waals surface area contributed by atoms with E-state index < -0.39 is 16.1 Å². The lowest BCUT2D eigenvalue weighted by Crippen LogP contribution is -2.50. The van der Waals surface area contributed by atoms with Gasteiger partial charge in [-0.3, -0.25) is 9.10 Å². The Hall–Kier alpha value is -1.41. The second-order valence-electron chi connectivity index (χ2n) is 9.08. The van der Waals surface area contributed by atoms with E-state index in [2.05, 4.69) is 46.9 Å². The average Bonchev–Trinajstić information content (AvgIpc) is 2.54. The van der Waals surface area contributed by atoms with E-state index in [1.54, 1.807) is 17.8 Å². The minimum atomic E-state index is -3.54. The fraction of sp³-hybridized carbons (Fsp3) is 0.650. The number of benzene rings is 1. The van der Waals surface area contributed by atoms with Crippen LogP contribution in [0.4, 0.5) is 5.69 Å². The number of sulfonamides is 1. The molecule has 1 aromatic rings. The highest BCUT2D eigenvalue weighted by Gasteiger charge is 2.35. The van der Waals surface area contributed by atoms with Crippen LogP contribution in [-0.2, 0) is 20.2 Å². The Morgan fingerprint density at radius 2 is 1.89 bits per heavy atom. The molecule has 1 aliphatic heterocycles. The third-order valence-corrected chi connectivity index (χ3v) is 6.74. The van der Waals surface area contributed by atoms with Gasteiger partial charge in [0.05, 0.1) is 18.5 Å². The number of anilines is 1. The minimum absolute atomic E-state index is 0.0301. The molecule has 1 N–H and O–H groups in total. The van der Waals surface area contributed by atoms with Gasteiger partial charge in [-0.05, 0) is 23.1 Å². The molecule has 0 spiro atoms. The van der Waals surface area contributed by atoms with E-state index in [-0.39, 0.29) is 22.6 Å². The van der Waals surface area contributed by atoms with Crippen molar-refractivity contribution in [2.24, 2.45) is 0 Å². The second kappa shape index (κ2) is 8.14. The molecule has 0 saturated carbocycles. The lowest BCUT2D eigenvalue weighted by Gasteiger charge is -2.35. The first kappa shape index (κ1) is 22.9. The molecule has 28 heavy (non-hydrogen) atoms. The molecule has 0 aromatic heterocycles. The maximum absolute atomic E-state index is 12.6. The smallest absolute Gasteiger partial charge is 0.263 e. The van der Waals surface area contributed by atoms with Crippen molar-refractivity contribution < 1.29 is 17.9 Å². The van der Waals surface area contributed by atoms with Crippen molar-refractivity contribution in [3.63, 3.8) is 0 Å². The lowest BCUT2D eigenvalue weighted by atomic mass is 9.86. The number of nitrogens with one attached hydrogen (secondary N) is 1. The van der Waals surface area contributed by atoms with Gasteiger partial charge in [-0.25, -0.2) is 8.42 Å². The van der Waals surface area contributed by atoms with Gasteiger partial charge in [0.15, 0.2) is 6.10 Å². The quantitative estimate of drug-likeness (QED) is 0.729. The highest BCUT2D eigenvalue weighted by atomic mass is 32.2. The Bertz CT molecular complexity index is 824. The SMILES string of the molecule is CC(C)(C)SCCNC(=O)[C@H]1CN(S(C)(=O)=O)c2cc(C(C)(C)C)ccc2O1. The summed E-state index contributed by atoms with van der Waals surface area (Å²) in [5, 5.41) is 2.86. The van der Waals surface area contributed by atoms with E-state index >= 15 is 0 Å². The Morgan fingerprint density at radius 1 is 1.25 bits per heavy atom. The third kappa shape index (κ3) is 6.04. The fourth-order valence-electron chi connectivity index (χ4n) is 2.81. The monoisotopic (exact) mass is 428 g/mol.